The Hall–Kier alpha value is -0.870. The van der Waals surface area contributed by atoms with Gasteiger partial charge in [-0.25, -0.2) is 0 Å². The third-order valence-electron chi connectivity index (χ3n) is 2.34. The molecule has 16 heavy (non-hydrogen) atoms. The molecule has 0 fully saturated rings. The first-order valence-electron chi connectivity index (χ1n) is 5.28. The first-order chi connectivity index (χ1) is 7.72. The van der Waals surface area contributed by atoms with Gasteiger partial charge in [0.2, 0.25) is 0 Å². The summed E-state index contributed by atoms with van der Waals surface area (Å²) in [5.41, 5.74) is 7.14. The SMILES string of the molecule is CCSCC(N)c1ccc(OC)cc1OC. The van der Waals surface area contributed by atoms with Gasteiger partial charge in [0.15, 0.2) is 0 Å². The fourth-order valence-electron chi connectivity index (χ4n) is 1.46. The van der Waals surface area contributed by atoms with Gasteiger partial charge in [-0.15, -0.1) is 0 Å². The van der Waals surface area contributed by atoms with Crippen LogP contribution in [-0.2, 0) is 0 Å². The van der Waals surface area contributed by atoms with E-state index in [-0.39, 0.29) is 6.04 Å². The van der Waals surface area contributed by atoms with E-state index < -0.39 is 0 Å². The van der Waals surface area contributed by atoms with Gasteiger partial charge in [-0.3, -0.25) is 0 Å². The highest BCUT2D eigenvalue weighted by Gasteiger charge is 2.12. The maximum atomic E-state index is 6.11. The molecule has 0 radical (unpaired) electrons. The lowest BCUT2D eigenvalue weighted by Gasteiger charge is -2.16. The molecule has 0 aliphatic rings. The van der Waals surface area contributed by atoms with Crippen molar-refractivity contribution in [1.82, 2.24) is 0 Å². The van der Waals surface area contributed by atoms with E-state index in [9.17, 15) is 0 Å². The van der Waals surface area contributed by atoms with Crippen LogP contribution >= 0.6 is 11.8 Å². The minimum atomic E-state index is 0.00538. The van der Waals surface area contributed by atoms with E-state index >= 15 is 0 Å². The Bertz CT molecular complexity index is 331. The maximum absolute atomic E-state index is 6.11. The highest BCUT2D eigenvalue weighted by Crippen LogP contribution is 2.29. The van der Waals surface area contributed by atoms with E-state index in [2.05, 4.69) is 6.92 Å². The van der Waals surface area contributed by atoms with Crippen molar-refractivity contribution in [2.75, 3.05) is 25.7 Å². The molecule has 0 bridgehead atoms. The zero-order valence-corrected chi connectivity index (χ0v) is 10.8. The average Bonchev–Trinajstić information content (AvgIpc) is 2.34. The Morgan fingerprint density at radius 2 is 2.06 bits per heavy atom. The average molecular weight is 241 g/mol. The molecule has 0 saturated carbocycles. The van der Waals surface area contributed by atoms with Gasteiger partial charge in [-0.05, 0) is 11.8 Å². The number of methoxy groups -OCH3 is 2. The molecule has 0 saturated heterocycles. The normalized spacial score (nSPS) is 12.2. The van der Waals surface area contributed by atoms with Crippen molar-refractivity contribution in [3.05, 3.63) is 23.8 Å². The van der Waals surface area contributed by atoms with Crippen molar-refractivity contribution in [1.29, 1.82) is 0 Å². The highest BCUT2D eigenvalue weighted by atomic mass is 32.2. The first kappa shape index (κ1) is 13.2. The van der Waals surface area contributed by atoms with Crippen LogP contribution in [0.3, 0.4) is 0 Å². The summed E-state index contributed by atoms with van der Waals surface area (Å²) in [5, 5.41) is 0. The number of ether oxygens (including phenoxy) is 2. The number of rotatable bonds is 6. The van der Waals surface area contributed by atoms with Crippen molar-refractivity contribution >= 4 is 11.8 Å². The Morgan fingerprint density at radius 3 is 2.62 bits per heavy atom. The summed E-state index contributed by atoms with van der Waals surface area (Å²) in [6.45, 7) is 2.13. The molecule has 1 atom stereocenters. The molecule has 0 aromatic heterocycles. The second-order valence-corrected chi connectivity index (χ2v) is 4.69. The molecule has 0 aliphatic carbocycles. The molecule has 1 rings (SSSR count). The molecule has 3 nitrogen and oxygen atoms in total. The second-order valence-electron chi connectivity index (χ2n) is 3.37. The van der Waals surface area contributed by atoms with Gasteiger partial charge < -0.3 is 15.2 Å². The molecule has 4 heteroatoms. The van der Waals surface area contributed by atoms with Crippen molar-refractivity contribution in [3.8, 4) is 11.5 Å². The van der Waals surface area contributed by atoms with E-state index in [0.717, 1.165) is 28.6 Å². The van der Waals surface area contributed by atoms with Gasteiger partial charge in [0.25, 0.3) is 0 Å². The molecule has 1 aromatic carbocycles. The standard InChI is InChI=1S/C12H19NO2S/c1-4-16-8-11(13)10-6-5-9(14-2)7-12(10)15-3/h5-7,11H,4,8,13H2,1-3H3. The fraction of sp³-hybridized carbons (Fsp3) is 0.500. The summed E-state index contributed by atoms with van der Waals surface area (Å²) in [6, 6.07) is 5.75. The Labute approximate surface area is 101 Å². The van der Waals surface area contributed by atoms with Crippen LogP contribution in [0.5, 0.6) is 11.5 Å². The van der Waals surface area contributed by atoms with Gasteiger partial charge >= 0.3 is 0 Å². The molecule has 0 amide bonds. The summed E-state index contributed by atoms with van der Waals surface area (Å²) < 4.78 is 10.5. The van der Waals surface area contributed by atoms with E-state index in [4.69, 9.17) is 15.2 Å². The molecule has 1 unspecified atom stereocenters. The summed E-state index contributed by atoms with van der Waals surface area (Å²) >= 11 is 1.83. The molecule has 0 spiro atoms. The van der Waals surface area contributed by atoms with E-state index in [1.807, 2.05) is 30.0 Å². The molecule has 0 aliphatic heterocycles. The summed E-state index contributed by atoms with van der Waals surface area (Å²) in [7, 11) is 3.29. The number of thioether (sulfide) groups is 1. The largest absolute Gasteiger partial charge is 0.497 e. The van der Waals surface area contributed by atoms with Crippen LogP contribution < -0.4 is 15.2 Å². The predicted molar refractivity (Wildman–Crippen MR) is 69.5 cm³/mol. The van der Waals surface area contributed by atoms with Crippen LogP contribution in [0.25, 0.3) is 0 Å². The Kier molecular flexibility index (Phi) is 5.49. The van der Waals surface area contributed by atoms with Crippen molar-refractivity contribution in [2.45, 2.75) is 13.0 Å². The van der Waals surface area contributed by atoms with Gasteiger partial charge in [-0.2, -0.15) is 11.8 Å². The molecule has 90 valence electrons. The number of hydrogen-bond acceptors (Lipinski definition) is 4. The predicted octanol–water partition coefficient (Wildman–Crippen LogP) is 2.46. The van der Waals surface area contributed by atoms with E-state index in [0.29, 0.717) is 0 Å². The quantitative estimate of drug-likeness (QED) is 0.831. The highest BCUT2D eigenvalue weighted by molar-refractivity contribution is 7.99. The van der Waals surface area contributed by atoms with Gasteiger partial charge in [-0.1, -0.05) is 13.0 Å². The lowest BCUT2D eigenvalue weighted by molar-refractivity contribution is 0.389. The van der Waals surface area contributed by atoms with Crippen LogP contribution in [-0.4, -0.2) is 25.7 Å². The number of nitrogens with two attached hydrogens (primary N) is 1. The topological polar surface area (TPSA) is 44.5 Å². The Morgan fingerprint density at radius 1 is 1.31 bits per heavy atom. The monoisotopic (exact) mass is 241 g/mol. The van der Waals surface area contributed by atoms with Crippen molar-refractivity contribution in [3.63, 3.8) is 0 Å². The van der Waals surface area contributed by atoms with Crippen molar-refractivity contribution in [2.24, 2.45) is 5.73 Å². The lowest BCUT2D eigenvalue weighted by atomic mass is 10.1. The first-order valence-corrected chi connectivity index (χ1v) is 6.43. The fourth-order valence-corrected chi connectivity index (χ4v) is 2.13. The zero-order chi connectivity index (χ0) is 12.0. The van der Waals surface area contributed by atoms with E-state index in [1.54, 1.807) is 14.2 Å². The summed E-state index contributed by atoms with van der Waals surface area (Å²) in [4.78, 5) is 0. The van der Waals surface area contributed by atoms with Crippen LogP contribution in [0.1, 0.15) is 18.5 Å². The van der Waals surface area contributed by atoms with Gasteiger partial charge in [0, 0.05) is 23.4 Å². The minimum absolute atomic E-state index is 0.00538. The van der Waals surface area contributed by atoms with Gasteiger partial charge in [0.05, 0.1) is 14.2 Å². The van der Waals surface area contributed by atoms with Crippen molar-refractivity contribution < 1.29 is 9.47 Å². The molecular formula is C12H19NO2S. The summed E-state index contributed by atoms with van der Waals surface area (Å²) in [6.07, 6.45) is 0. The maximum Gasteiger partial charge on any atom is 0.127 e. The molecular weight excluding hydrogens is 222 g/mol. The Balaban J connectivity index is 2.85. The number of benzene rings is 1. The molecule has 2 N–H and O–H groups in total. The van der Waals surface area contributed by atoms with E-state index in [1.165, 1.54) is 0 Å². The van der Waals surface area contributed by atoms with Crippen LogP contribution in [0.4, 0.5) is 0 Å². The lowest BCUT2D eigenvalue weighted by Crippen LogP contribution is -2.14. The molecule has 1 aromatic rings. The summed E-state index contributed by atoms with van der Waals surface area (Å²) in [5.74, 6) is 3.56. The molecule has 0 heterocycles. The third kappa shape index (κ3) is 3.32. The zero-order valence-electron chi connectivity index (χ0n) is 10.0. The second kappa shape index (κ2) is 6.66. The van der Waals surface area contributed by atoms with Crippen LogP contribution in [0, 0.1) is 0 Å². The smallest absolute Gasteiger partial charge is 0.127 e. The van der Waals surface area contributed by atoms with Gasteiger partial charge in [0.1, 0.15) is 11.5 Å². The third-order valence-corrected chi connectivity index (χ3v) is 3.34. The number of hydrogen-bond donors (Lipinski definition) is 1. The van der Waals surface area contributed by atoms with Crippen LogP contribution in [0.2, 0.25) is 0 Å². The minimum Gasteiger partial charge on any atom is -0.497 e. The van der Waals surface area contributed by atoms with Crippen LogP contribution in [0.15, 0.2) is 18.2 Å².